The van der Waals surface area contributed by atoms with Crippen molar-refractivity contribution in [1.82, 2.24) is 9.47 Å². The first-order valence-corrected chi connectivity index (χ1v) is 8.96. The van der Waals surface area contributed by atoms with E-state index in [9.17, 15) is 4.79 Å². The summed E-state index contributed by atoms with van der Waals surface area (Å²) >= 11 is 3.44. The summed E-state index contributed by atoms with van der Waals surface area (Å²) in [5.74, 6) is 0. The summed E-state index contributed by atoms with van der Waals surface area (Å²) in [6.07, 6.45) is 2.80. The third-order valence-electron chi connectivity index (χ3n) is 4.81. The van der Waals surface area contributed by atoms with Crippen LogP contribution in [0.2, 0.25) is 0 Å². The number of hydrogen-bond acceptors (Lipinski definition) is 4. The highest BCUT2D eigenvalue weighted by molar-refractivity contribution is 9.10. The van der Waals surface area contributed by atoms with Crippen LogP contribution in [0.1, 0.15) is 11.1 Å². The van der Waals surface area contributed by atoms with E-state index >= 15 is 0 Å². The number of benzene rings is 1. The Balaban J connectivity index is 1.55. The molecule has 4 rings (SSSR count). The quantitative estimate of drug-likeness (QED) is 0.876. The molecule has 0 saturated carbocycles. The maximum absolute atomic E-state index is 12.2. The lowest BCUT2D eigenvalue weighted by Crippen LogP contribution is -2.50. The van der Waals surface area contributed by atoms with E-state index < -0.39 is 0 Å². The predicted octanol–water partition coefficient (Wildman–Crippen LogP) is 2.65. The maximum Gasteiger partial charge on any atom is 0.274 e. The Hall–Kier alpha value is -1.63. The molecule has 0 amide bonds. The van der Waals surface area contributed by atoms with E-state index in [1.54, 1.807) is 17.8 Å². The van der Waals surface area contributed by atoms with Crippen molar-refractivity contribution < 1.29 is 4.74 Å². The minimum atomic E-state index is -0.0351. The fourth-order valence-corrected chi connectivity index (χ4v) is 3.85. The van der Waals surface area contributed by atoms with Crippen LogP contribution in [-0.4, -0.2) is 35.3 Å². The molecule has 1 saturated heterocycles. The molecule has 2 aromatic rings. The lowest BCUT2D eigenvalue weighted by atomic mass is 9.97. The first kappa shape index (κ1) is 15.9. The molecule has 126 valence electrons. The molecule has 24 heavy (non-hydrogen) atoms. The zero-order valence-electron chi connectivity index (χ0n) is 13.6. The Morgan fingerprint density at radius 2 is 2.08 bits per heavy atom. The SMILES string of the molecule is Cn1cc(Br)cc(Nc2ccc3c(c2)CCN(C2COC2)C3)c1=O. The lowest BCUT2D eigenvalue weighted by Gasteiger charge is -2.40. The molecule has 1 N–H and O–H groups in total. The third kappa shape index (κ3) is 3.01. The van der Waals surface area contributed by atoms with E-state index in [2.05, 4.69) is 44.3 Å². The van der Waals surface area contributed by atoms with Gasteiger partial charge in [-0.1, -0.05) is 6.07 Å². The molecule has 1 aromatic carbocycles. The maximum atomic E-state index is 12.2. The van der Waals surface area contributed by atoms with Gasteiger partial charge in [0.2, 0.25) is 0 Å². The largest absolute Gasteiger partial charge is 0.378 e. The van der Waals surface area contributed by atoms with Crippen LogP contribution in [-0.2, 0) is 24.8 Å². The van der Waals surface area contributed by atoms with Crippen molar-refractivity contribution in [3.63, 3.8) is 0 Å². The van der Waals surface area contributed by atoms with Crippen LogP contribution in [0.5, 0.6) is 0 Å². The summed E-state index contributed by atoms with van der Waals surface area (Å²) in [7, 11) is 1.75. The Kier molecular flexibility index (Phi) is 4.20. The second kappa shape index (κ2) is 6.35. The van der Waals surface area contributed by atoms with Gasteiger partial charge >= 0.3 is 0 Å². The van der Waals surface area contributed by atoms with Crippen molar-refractivity contribution in [2.45, 2.75) is 19.0 Å². The molecule has 3 heterocycles. The van der Waals surface area contributed by atoms with Gasteiger partial charge in [-0.25, -0.2) is 0 Å². The van der Waals surface area contributed by atoms with Crippen LogP contribution in [0.15, 0.2) is 39.7 Å². The second-order valence-electron chi connectivity index (χ2n) is 6.51. The topological polar surface area (TPSA) is 46.5 Å². The molecule has 5 nitrogen and oxygen atoms in total. The van der Waals surface area contributed by atoms with Crippen LogP contribution in [0.4, 0.5) is 11.4 Å². The van der Waals surface area contributed by atoms with Crippen LogP contribution >= 0.6 is 15.9 Å². The molecule has 2 aliphatic rings. The number of fused-ring (bicyclic) bond motifs is 1. The zero-order valence-corrected chi connectivity index (χ0v) is 15.2. The summed E-state index contributed by atoms with van der Waals surface area (Å²) in [5.41, 5.74) is 4.25. The van der Waals surface area contributed by atoms with Crippen molar-refractivity contribution in [3.05, 3.63) is 56.4 Å². The van der Waals surface area contributed by atoms with Crippen molar-refractivity contribution >= 4 is 27.3 Å². The van der Waals surface area contributed by atoms with Gasteiger partial charge in [-0.05, 0) is 51.7 Å². The highest BCUT2D eigenvalue weighted by Gasteiger charge is 2.28. The van der Waals surface area contributed by atoms with Crippen molar-refractivity contribution in [1.29, 1.82) is 0 Å². The highest BCUT2D eigenvalue weighted by Crippen LogP contribution is 2.27. The number of nitrogens with zero attached hydrogens (tertiary/aromatic N) is 2. The number of aromatic nitrogens is 1. The minimum Gasteiger partial charge on any atom is -0.378 e. The normalized spacial score (nSPS) is 18.1. The summed E-state index contributed by atoms with van der Waals surface area (Å²) in [6.45, 7) is 3.79. The monoisotopic (exact) mass is 389 g/mol. The van der Waals surface area contributed by atoms with Crippen molar-refractivity contribution in [3.8, 4) is 0 Å². The van der Waals surface area contributed by atoms with E-state index in [0.717, 1.165) is 42.9 Å². The minimum absolute atomic E-state index is 0.0351. The molecular formula is C18H20BrN3O2. The third-order valence-corrected chi connectivity index (χ3v) is 5.25. The van der Waals surface area contributed by atoms with Crippen LogP contribution in [0.25, 0.3) is 0 Å². The molecule has 6 heteroatoms. The van der Waals surface area contributed by atoms with Gasteiger partial charge < -0.3 is 14.6 Å². The summed E-state index contributed by atoms with van der Waals surface area (Å²) in [5, 5.41) is 3.26. The highest BCUT2D eigenvalue weighted by atomic mass is 79.9. The number of ether oxygens (including phenoxy) is 1. The van der Waals surface area contributed by atoms with Gasteiger partial charge in [0.1, 0.15) is 5.69 Å². The number of hydrogen-bond donors (Lipinski definition) is 1. The Bertz CT molecular complexity index is 829. The molecule has 1 fully saturated rings. The lowest BCUT2D eigenvalue weighted by molar-refractivity contribution is -0.0694. The molecule has 0 radical (unpaired) electrons. The first-order valence-electron chi connectivity index (χ1n) is 8.17. The van der Waals surface area contributed by atoms with Crippen LogP contribution in [0, 0.1) is 0 Å². The van der Waals surface area contributed by atoms with E-state index in [4.69, 9.17) is 4.74 Å². The fraction of sp³-hybridized carbons (Fsp3) is 0.389. The van der Waals surface area contributed by atoms with E-state index in [1.165, 1.54) is 11.1 Å². The van der Waals surface area contributed by atoms with Gasteiger partial charge in [0.25, 0.3) is 5.56 Å². The van der Waals surface area contributed by atoms with Gasteiger partial charge in [0.15, 0.2) is 0 Å². The van der Waals surface area contributed by atoms with Gasteiger partial charge in [0.05, 0.1) is 19.3 Å². The van der Waals surface area contributed by atoms with E-state index in [0.29, 0.717) is 11.7 Å². The molecular weight excluding hydrogens is 370 g/mol. The smallest absolute Gasteiger partial charge is 0.274 e. The summed E-state index contributed by atoms with van der Waals surface area (Å²) in [6, 6.07) is 8.80. The molecule has 0 bridgehead atoms. The second-order valence-corrected chi connectivity index (χ2v) is 7.42. The van der Waals surface area contributed by atoms with Gasteiger partial charge in [-0.3, -0.25) is 9.69 Å². The average molecular weight is 390 g/mol. The van der Waals surface area contributed by atoms with Crippen LogP contribution < -0.4 is 10.9 Å². The number of pyridine rings is 1. The standard InChI is InChI=1S/C18H20BrN3O2/c1-21-9-14(19)7-17(18(21)23)20-15-3-2-13-8-22(16-10-24-11-16)5-4-12(13)6-15/h2-3,6-7,9,16,20H,4-5,8,10-11H2,1H3. The van der Waals surface area contributed by atoms with Gasteiger partial charge in [-0.15, -0.1) is 0 Å². The number of halogens is 1. The molecule has 0 spiro atoms. The summed E-state index contributed by atoms with van der Waals surface area (Å²) in [4.78, 5) is 14.7. The fourth-order valence-electron chi connectivity index (χ4n) is 3.31. The molecule has 2 aliphatic heterocycles. The van der Waals surface area contributed by atoms with Crippen LogP contribution in [0.3, 0.4) is 0 Å². The predicted molar refractivity (Wildman–Crippen MR) is 97.8 cm³/mol. The molecule has 0 unspecified atom stereocenters. The number of anilines is 2. The summed E-state index contributed by atoms with van der Waals surface area (Å²) < 4.78 is 7.76. The number of nitrogens with one attached hydrogen (secondary N) is 1. The van der Waals surface area contributed by atoms with E-state index in [-0.39, 0.29) is 5.56 Å². The Labute approximate surface area is 149 Å². The van der Waals surface area contributed by atoms with Crippen molar-refractivity contribution in [2.24, 2.45) is 7.05 Å². The Morgan fingerprint density at radius 3 is 2.83 bits per heavy atom. The molecule has 0 aliphatic carbocycles. The average Bonchev–Trinajstić information content (AvgIpc) is 2.50. The number of rotatable bonds is 3. The van der Waals surface area contributed by atoms with Gasteiger partial charge in [-0.2, -0.15) is 0 Å². The van der Waals surface area contributed by atoms with Gasteiger partial charge in [0, 0.05) is 36.5 Å². The zero-order chi connectivity index (χ0) is 16.7. The van der Waals surface area contributed by atoms with E-state index in [1.807, 2.05) is 6.07 Å². The molecule has 1 aromatic heterocycles. The van der Waals surface area contributed by atoms with Crippen molar-refractivity contribution in [2.75, 3.05) is 25.1 Å². The Morgan fingerprint density at radius 1 is 1.25 bits per heavy atom. The number of aryl methyl sites for hydroxylation is 1. The molecule has 0 atom stereocenters. The first-order chi connectivity index (χ1) is 11.6.